The molecule has 0 amide bonds. The summed E-state index contributed by atoms with van der Waals surface area (Å²) in [6.45, 7) is 4.33. The number of pyridine rings is 1. The van der Waals surface area contributed by atoms with Gasteiger partial charge in [0, 0.05) is 32.4 Å². The molecule has 0 saturated carbocycles. The summed E-state index contributed by atoms with van der Waals surface area (Å²) in [7, 11) is 0. The van der Waals surface area contributed by atoms with E-state index >= 15 is 0 Å². The molecule has 140 valence electrons. The quantitative estimate of drug-likeness (QED) is 0.895. The van der Waals surface area contributed by atoms with Crippen LogP contribution in [0.1, 0.15) is 17.5 Å². The summed E-state index contributed by atoms with van der Waals surface area (Å²) < 4.78 is 5.52. The lowest BCUT2D eigenvalue weighted by molar-refractivity contribution is -0.0911. The summed E-state index contributed by atoms with van der Waals surface area (Å²) in [5.41, 5.74) is 0.647. The van der Waals surface area contributed by atoms with E-state index in [1.54, 1.807) is 12.3 Å². The van der Waals surface area contributed by atoms with E-state index in [1.807, 2.05) is 36.4 Å². The average molecular weight is 364 g/mol. The number of ether oxygens (including phenoxy) is 1. The number of rotatable bonds is 3. The molecule has 4 rings (SSSR count). The molecule has 3 heterocycles. The van der Waals surface area contributed by atoms with Gasteiger partial charge in [-0.1, -0.05) is 30.3 Å². The molecule has 6 heteroatoms. The first kappa shape index (κ1) is 17.9. The largest absolute Gasteiger partial charge is 0.383 e. The molecule has 2 atom stereocenters. The van der Waals surface area contributed by atoms with Crippen molar-refractivity contribution in [2.45, 2.75) is 18.1 Å². The number of nitriles is 1. The maximum absolute atomic E-state index is 11.7. The lowest BCUT2D eigenvalue weighted by atomic mass is 9.79. The van der Waals surface area contributed by atoms with E-state index in [4.69, 9.17) is 4.74 Å². The van der Waals surface area contributed by atoms with Gasteiger partial charge in [0.05, 0.1) is 30.9 Å². The minimum absolute atomic E-state index is 0.0647. The number of hydrogen-bond acceptors (Lipinski definition) is 6. The van der Waals surface area contributed by atoms with E-state index in [-0.39, 0.29) is 6.04 Å². The summed E-state index contributed by atoms with van der Waals surface area (Å²) in [5.74, 6) is 0.794. The van der Waals surface area contributed by atoms with Crippen molar-refractivity contribution < 1.29 is 9.84 Å². The highest BCUT2D eigenvalue weighted by Crippen LogP contribution is 2.37. The standard InChI is InChI=1S/C21H24N4O2/c22-15-17-6-8-23-20(14-17)25-9-7-21(26,18-4-2-1-3-5-18)19(16-25)24-10-12-27-13-11-24/h1-6,8,14,19,26H,7,9-13,16H2/t19-,21+/m1/s1. The van der Waals surface area contributed by atoms with Crippen LogP contribution in [0.2, 0.25) is 0 Å². The molecule has 0 bridgehead atoms. The second-order valence-corrected chi connectivity index (χ2v) is 7.16. The molecule has 0 radical (unpaired) electrons. The van der Waals surface area contributed by atoms with Crippen LogP contribution in [0.25, 0.3) is 0 Å². The highest BCUT2D eigenvalue weighted by Gasteiger charge is 2.46. The van der Waals surface area contributed by atoms with Crippen molar-refractivity contribution in [3.05, 3.63) is 59.8 Å². The zero-order chi connectivity index (χ0) is 18.7. The van der Waals surface area contributed by atoms with Gasteiger partial charge in [0.25, 0.3) is 0 Å². The molecule has 2 fully saturated rings. The molecule has 6 nitrogen and oxygen atoms in total. The molecule has 1 aromatic carbocycles. The zero-order valence-electron chi connectivity index (χ0n) is 15.3. The van der Waals surface area contributed by atoms with Crippen molar-refractivity contribution in [2.24, 2.45) is 0 Å². The van der Waals surface area contributed by atoms with Gasteiger partial charge in [0.2, 0.25) is 0 Å². The van der Waals surface area contributed by atoms with E-state index in [1.165, 1.54) is 0 Å². The molecule has 0 spiro atoms. The van der Waals surface area contributed by atoms with Gasteiger partial charge >= 0.3 is 0 Å². The van der Waals surface area contributed by atoms with E-state index < -0.39 is 5.60 Å². The molecule has 1 N–H and O–H groups in total. The summed E-state index contributed by atoms with van der Waals surface area (Å²) in [5, 5.41) is 20.9. The molecule has 27 heavy (non-hydrogen) atoms. The van der Waals surface area contributed by atoms with Crippen molar-refractivity contribution in [1.82, 2.24) is 9.88 Å². The van der Waals surface area contributed by atoms with Crippen LogP contribution in [0.5, 0.6) is 0 Å². The number of nitrogens with zero attached hydrogens (tertiary/aromatic N) is 4. The van der Waals surface area contributed by atoms with E-state index in [2.05, 4.69) is 20.9 Å². The number of benzene rings is 1. The maximum Gasteiger partial charge on any atom is 0.129 e. The number of piperidine rings is 1. The van der Waals surface area contributed by atoms with Crippen molar-refractivity contribution in [2.75, 3.05) is 44.3 Å². The Balaban J connectivity index is 1.66. The average Bonchev–Trinajstić information content (AvgIpc) is 2.75. The van der Waals surface area contributed by atoms with Crippen LogP contribution >= 0.6 is 0 Å². The van der Waals surface area contributed by atoms with Gasteiger partial charge in [-0.05, 0) is 24.1 Å². The van der Waals surface area contributed by atoms with Crippen molar-refractivity contribution in [1.29, 1.82) is 5.26 Å². The fraction of sp³-hybridized carbons (Fsp3) is 0.429. The van der Waals surface area contributed by atoms with Crippen LogP contribution in [-0.2, 0) is 10.3 Å². The third-order valence-electron chi connectivity index (χ3n) is 5.67. The predicted molar refractivity (Wildman–Crippen MR) is 102 cm³/mol. The predicted octanol–water partition coefficient (Wildman–Crippen LogP) is 1.75. The lowest BCUT2D eigenvalue weighted by Crippen LogP contribution is -2.62. The number of hydrogen-bond donors (Lipinski definition) is 1. The SMILES string of the molecule is N#Cc1ccnc(N2CC[C@](O)(c3ccccc3)[C@H](N3CCOCC3)C2)c1. The minimum Gasteiger partial charge on any atom is -0.383 e. The fourth-order valence-electron chi connectivity index (χ4n) is 4.16. The first-order valence-corrected chi connectivity index (χ1v) is 9.41. The van der Waals surface area contributed by atoms with Crippen molar-refractivity contribution in [3.8, 4) is 6.07 Å². The third-order valence-corrected chi connectivity index (χ3v) is 5.67. The van der Waals surface area contributed by atoms with Gasteiger partial charge in [-0.2, -0.15) is 5.26 Å². The number of aromatic nitrogens is 1. The van der Waals surface area contributed by atoms with Crippen LogP contribution in [-0.4, -0.2) is 60.4 Å². The van der Waals surface area contributed by atoms with E-state index in [0.717, 1.165) is 24.5 Å². The van der Waals surface area contributed by atoms with Crippen LogP contribution in [0.3, 0.4) is 0 Å². The molecule has 2 saturated heterocycles. The molecule has 2 aromatic rings. The first-order valence-electron chi connectivity index (χ1n) is 9.41. The molecular weight excluding hydrogens is 340 g/mol. The zero-order valence-corrected chi connectivity index (χ0v) is 15.3. The van der Waals surface area contributed by atoms with Crippen LogP contribution in [0, 0.1) is 11.3 Å². The molecule has 0 aliphatic carbocycles. The van der Waals surface area contributed by atoms with Gasteiger partial charge in [-0.3, -0.25) is 4.90 Å². The molecular formula is C21H24N4O2. The van der Waals surface area contributed by atoms with Gasteiger partial charge in [0.1, 0.15) is 11.4 Å². The number of morpholine rings is 1. The Bertz CT molecular complexity index is 816. The summed E-state index contributed by atoms with van der Waals surface area (Å²) >= 11 is 0. The van der Waals surface area contributed by atoms with Gasteiger partial charge in [-0.25, -0.2) is 4.98 Å². The Morgan fingerprint density at radius 1 is 1.15 bits per heavy atom. The van der Waals surface area contributed by atoms with Crippen LogP contribution in [0.4, 0.5) is 5.82 Å². The Hall–Kier alpha value is -2.46. The van der Waals surface area contributed by atoms with Crippen molar-refractivity contribution in [3.63, 3.8) is 0 Å². The lowest BCUT2D eigenvalue weighted by Gasteiger charge is -2.50. The maximum atomic E-state index is 11.7. The summed E-state index contributed by atoms with van der Waals surface area (Å²) in [6, 6.07) is 15.6. The van der Waals surface area contributed by atoms with Crippen LogP contribution < -0.4 is 4.90 Å². The number of anilines is 1. The monoisotopic (exact) mass is 364 g/mol. The summed E-state index contributed by atoms with van der Waals surface area (Å²) in [6.07, 6.45) is 2.28. The molecule has 0 unspecified atom stereocenters. The second-order valence-electron chi connectivity index (χ2n) is 7.16. The van der Waals surface area contributed by atoms with E-state index in [9.17, 15) is 10.4 Å². The van der Waals surface area contributed by atoms with Crippen LogP contribution in [0.15, 0.2) is 48.7 Å². The first-order chi connectivity index (χ1) is 13.2. The Kier molecular flexibility index (Phi) is 5.08. The minimum atomic E-state index is -0.915. The smallest absolute Gasteiger partial charge is 0.129 e. The second kappa shape index (κ2) is 7.65. The molecule has 1 aromatic heterocycles. The fourth-order valence-corrected chi connectivity index (χ4v) is 4.16. The number of aliphatic hydroxyl groups is 1. The highest BCUT2D eigenvalue weighted by atomic mass is 16.5. The normalized spacial score (nSPS) is 26.5. The van der Waals surface area contributed by atoms with Gasteiger partial charge in [0.15, 0.2) is 0 Å². The highest BCUT2D eigenvalue weighted by molar-refractivity contribution is 5.46. The Morgan fingerprint density at radius 3 is 2.67 bits per heavy atom. The van der Waals surface area contributed by atoms with Gasteiger partial charge in [-0.15, -0.1) is 0 Å². The molecule has 2 aliphatic rings. The molecule has 2 aliphatic heterocycles. The van der Waals surface area contributed by atoms with Crippen molar-refractivity contribution >= 4 is 5.82 Å². The van der Waals surface area contributed by atoms with Gasteiger partial charge < -0.3 is 14.7 Å². The Morgan fingerprint density at radius 2 is 1.93 bits per heavy atom. The Labute approximate surface area is 159 Å². The third kappa shape index (κ3) is 3.54. The topological polar surface area (TPSA) is 72.6 Å². The van der Waals surface area contributed by atoms with E-state index in [0.29, 0.717) is 38.3 Å². The summed E-state index contributed by atoms with van der Waals surface area (Å²) in [4.78, 5) is 8.97.